The van der Waals surface area contributed by atoms with E-state index in [-0.39, 0.29) is 10.7 Å². The van der Waals surface area contributed by atoms with E-state index in [0.29, 0.717) is 5.69 Å². The first-order valence-electron chi connectivity index (χ1n) is 6.75. The SMILES string of the molecule is O=C(Nc1ccc(Cl)c(F)c1)c1cc2c(nn1)CCCC2. The number of aryl methyl sites for hydroxylation is 2. The van der Waals surface area contributed by atoms with Crippen LogP contribution in [0.4, 0.5) is 10.1 Å². The number of fused-ring (bicyclic) bond motifs is 1. The van der Waals surface area contributed by atoms with Crippen LogP contribution in [0.3, 0.4) is 0 Å². The monoisotopic (exact) mass is 305 g/mol. The number of carbonyl (C=O) groups is 1. The highest BCUT2D eigenvalue weighted by atomic mass is 35.5. The van der Waals surface area contributed by atoms with Crippen molar-refractivity contribution < 1.29 is 9.18 Å². The van der Waals surface area contributed by atoms with Gasteiger partial charge in [0.25, 0.3) is 5.91 Å². The molecular formula is C15H13ClFN3O. The minimum atomic E-state index is -0.578. The summed E-state index contributed by atoms with van der Waals surface area (Å²) in [6.07, 6.45) is 4.03. The van der Waals surface area contributed by atoms with E-state index in [9.17, 15) is 9.18 Å². The van der Waals surface area contributed by atoms with Gasteiger partial charge in [0.2, 0.25) is 0 Å². The molecule has 0 saturated heterocycles. The molecule has 0 bridgehead atoms. The van der Waals surface area contributed by atoms with Gasteiger partial charge in [-0.25, -0.2) is 4.39 Å². The number of aromatic nitrogens is 2. The maximum absolute atomic E-state index is 13.3. The van der Waals surface area contributed by atoms with Gasteiger partial charge in [-0.1, -0.05) is 11.6 Å². The van der Waals surface area contributed by atoms with Crippen LogP contribution in [-0.2, 0) is 12.8 Å². The second-order valence-electron chi connectivity index (χ2n) is 4.99. The van der Waals surface area contributed by atoms with Crippen molar-refractivity contribution in [2.24, 2.45) is 0 Å². The number of rotatable bonds is 2. The number of anilines is 1. The number of hydrogen-bond acceptors (Lipinski definition) is 3. The first kappa shape index (κ1) is 13.9. The summed E-state index contributed by atoms with van der Waals surface area (Å²) in [5, 5.41) is 10.7. The third kappa shape index (κ3) is 3.03. The average molecular weight is 306 g/mol. The smallest absolute Gasteiger partial charge is 0.276 e. The van der Waals surface area contributed by atoms with Crippen LogP contribution in [0.5, 0.6) is 0 Å². The summed E-state index contributed by atoms with van der Waals surface area (Å²) in [5.41, 5.74) is 2.62. The predicted octanol–water partition coefficient (Wildman–Crippen LogP) is 3.40. The first-order valence-corrected chi connectivity index (χ1v) is 7.13. The zero-order chi connectivity index (χ0) is 14.8. The topological polar surface area (TPSA) is 54.9 Å². The van der Waals surface area contributed by atoms with Crippen molar-refractivity contribution in [2.75, 3.05) is 5.32 Å². The van der Waals surface area contributed by atoms with Gasteiger partial charge < -0.3 is 5.32 Å². The third-order valence-electron chi connectivity index (χ3n) is 3.48. The molecule has 1 aromatic carbocycles. The molecule has 1 aliphatic rings. The van der Waals surface area contributed by atoms with Gasteiger partial charge in [0.1, 0.15) is 5.82 Å². The van der Waals surface area contributed by atoms with Crippen LogP contribution in [0.2, 0.25) is 5.02 Å². The number of carbonyl (C=O) groups excluding carboxylic acids is 1. The number of benzene rings is 1. The fraction of sp³-hybridized carbons (Fsp3) is 0.267. The molecule has 0 aliphatic heterocycles. The van der Waals surface area contributed by atoms with E-state index in [1.165, 1.54) is 18.2 Å². The summed E-state index contributed by atoms with van der Waals surface area (Å²) in [6.45, 7) is 0. The largest absolute Gasteiger partial charge is 0.320 e. The third-order valence-corrected chi connectivity index (χ3v) is 3.79. The molecule has 0 spiro atoms. The first-order chi connectivity index (χ1) is 10.1. The lowest BCUT2D eigenvalue weighted by molar-refractivity contribution is 0.102. The van der Waals surface area contributed by atoms with Crippen LogP contribution in [-0.4, -0.2) is 16.1 Å². The zero-order valence-corrected chi connectivity index (χ0v) is 12.0. The molecule has 0 fully saturated rings. The maximum atomic E-state index is 13.3. The Morgan fingerprint density at radius 1 is 1.19 bits per heavy atom. The Labute approximate surface area is 126 Å². The molecule has 1 heterocycles. The molecule has 108 valence electrons. The lowest BCUT2D eigenvalue weighted by Crippen LogP contribution is -2.17. The predicted molar refractivity (Wildman–Crippen MR) is 78.0 cm³/mol. The molecule has 1 N–H and O–H groups in total. The van der Waals surface area contributed by atoms with Gasteiger partial charge in [0.15, 0.2) is 5.69 Å². The highest BCUT2D eigenvalue weighted by molar-refractivity contribution is 6.30. The Bertz CT molecular complexity index is 705. The van der Waals surface area contributed by atoms with Crippen molar-refractivity contribution in [3.05, 3.63) is 52.1 Å². The van der Waals surface area contributed by atoms with Gasteiger partial charge in [-0.2, -0.15) is 5.10 Å². The molecule has 0 unspecified atom stereocenters. The molecule has 1 amide bonds. The normalized spacial score (nSPS) is 13.6. The summed E-state index contributed by atoms with van der Waals surface area (Å²) in [5.74, 6) is -0.983. The van der Waals surface area contributed by atoms with Gasteiger partial charge in [-0.15, -0.1) is 5.10 Å². The van der Waals surface area contributed by atoms with Crippen LogP contribution >= 0.6 is 11.6 Å². The fourth-order valence-corrected chi connectivity index (χ4v) is 2.49. The molecule has 0 saturated carbocycles. The molecule has 2 aromatic rings. The van der Waals surface area contributed by atoms with Gasteiger partial charge in [-0.3, -0.25) is 4.79 Å². The van der Waals surface area contributed by atoms with Gasteiger partial charge in [-0.05, 0) is 55.5 Å². The zero-order valence-electron chi connectivity index (χ0n) is 11.2. The minimum Gasteiger partial charge on any atom is -0.320 e. The van der Waals surface area contributed by atoms with Gasteiger partial charge in [0.05, 0.1) is 10.7 Å². The average Bonchev–Trinajstić information content (AvgIpc) is 2.50. The van der Waals surface area contributed by atoms with Crippen molar-refractivity contribution in [2.45, 2.75) is 25.7 Å². The van der Waals surface area contributed by atoms with Crippen molar-refractivity contribution in [3.63, 3.8) is 0 Å². The number of hydrogen-bond donors (Lipinski definition) is 1. The molecule has 1 aromatic heterocycles. The molecule has 21 heavy (non-hydrogen) atoms. The Balaban J connectivity index is 1.80. The highest BCUT2D eigenvalue weighted by Gasteiger charge is 2.16. The molecule has 3 rings (SSSR count). The summed E-state index contributed by atoms with van der Waals surface area (Å²) in [6, 6.07) is 5.87. The van der Waals surface area contributed by atoms with E-state index >= 15 is 0 Å². The van der Waals surface area contributed by atoms with E-state index in [1.54, 1.807) is 6.07 Å². The lowest BCUT2D eigenvalue weighted by Gasteiger charge is -2.14. The van der Waals surface area contributed by atoms with Crippen molar-refractivity contribution in [1.29, 1.82) is 0 Å². The lowest BCUT2D eigenvalue weighted by atomic mass is 9.96. The van der Waals surface area contributed by atoms with Crippen LogP contribution in [0.1, 0.15) is 34.6 Å². The van der Waals surface area contributed by atoms with Gasteiger partial charge >= 0.3 is 0 Å². The fourth-order valence-electron chi connectivity index (χ4n) is 2.37. The molecule has 4 nitrogen and oxygen atoms in total. The molecular weight excluding hydrogens is 293 g/mol. The molecule has 1 aliphatic carbocycles. The second-order valence-corrected chi connectivity index (χ2v) is 5.40. The minimum absolute atomic E-state index is 0.0153. The van der Waals surface area contributed by atoms with Crippen LogP contribution < -0.4 is 5.32 Å². The van der Waals surface area contributed by atoms with Crippen molar-refractivity contribution in [3.8, 4) is 0 Å². The standard InChI is InChI=1S/C15H13ClFN3O/c16-11-6-5-10(8-12(11)17)18-15(21)14-7-9-3-1-2-4-13(9)19-20-14/h5-8H,1-4H2,(H,18,21). The Hall–Kier alpha value is -2.01. The molecule has 0 radical (unpaired) electrons. The number of halogens is 2. The van der Waals surface area contributed by atoms with Crippen LogP contribution in [0.15, 0.2) is 24.3 Å². The van der Waals surface area contributed by atoms with E-state index in [2.05, 4.69) is 15.5 Å². The van der Waals surface area contributed by atoms with E-state index < -0.39 is 11.7 Å². The second kappa shape index (κ2) is 5.77. The summed E-state index contributed by atoms with van der Waals surface area (Å²) in [4.78, 5) is 12.1. The molecule has 0 atom stereocenters. The summed E-state index contributed by atoms with van der Waals surface area (Å²) < 4.78 is 13.3. The van der Waals surface area contributed by atoms with Crippen LogP contribution in [0, 0.1) is 5.82 Å². The van der Waals surface area contributed by atoms with Crippen molar-refractivity contribution >= 4 is 23.2 Å². The number of nitrogens with zero attached hydrogens (tertiary/aromatic N) is 2. The Kier molecular flexibility index (Phi) is 3.84. The Morgan fingerprint density at radius 2 is 2.00 bits per heavy atom. The number of amides is 1. The van der Waals surface area contributed by atoms with E-state index in [0.717, 1.165) is 36.9 Å². The Morgan fingerprint density at radius 3 is 2.81 bits per heavy atom. The van der Waals surface area contributed by atoms with Gasteiger partial charge in [0, 0.05) is 5.69 Å². The van der Waals surface area contributed by atoms with Crippen molar-refractivity contribution in [1.82, 2.24) is 10.2 Å². The quantitative estimate of drug-likeness (QED) is 0.925. The van der Waals surface area contributed by atoms with E-state index in [1.807, 2.05) is 0 Å². The molecule has 6 heteroatoms. The van der Waals surface area contributed by atoms with E-state index in [4.69, 9.17) is 11.6 Å². The number of nitrogens with one attached hydrogen (secondary N) is 1. The van der Waals surface area contributed by atoms with Crippen LogP contribution in [0.25, 0.3) is 0 Å². The highest BCUT2D eigenvalue weighted by Crippen LogP contribution is 2.21. The summed E-state index contributed by atoms with van der Waals surface area (Å²) >= 11 is 5.60. The maximum Gasteiger partial charge on any atom is 0.276 e. The summed E-state index contributed by atoms with van der Waals surface area (Å²) in [7, 11) is 0.